The molecule has 3 nitrogen and oxygen atoms in total. The Kier molecular flexibility index (Phi) is 6.11. The smallest absolute Gasteiger partial charge is 0.207 e. The predicted molar refractivity (Wildman–Crippen MR) is 78.7 cm³/mol. The quantitative estimate of drug-likeness (QED) is 0.755. The van der Waals surface area contributed by atoms with E-state index in [1.807, 2.05) is 13.2 Å². The molecule has 0 aliphatic carbocycles. The van der Waals surface area contributed by atoms with Crippen LogP contribution in [-0.2, 0) is 15.9 Å². The molecule has 0 heterocycles. The summed E-state index contributed by atoms with van der Waals surface area (Å²) in [5.41, 5.74) is 0.409. The third-order valence-corrected chi connectivity index (χ3v) is 6.02. The summed E-state index contributed by atoms with van der Waals surface area (Å²) in [6.45, 7) is 1.81. The Labute approximate surface area is 123 Å². The molecule has 1 unspecified atom stereocenters. The molecule has 1 aromatic rings. The molecule has 0 bridgehead atoms. The molecular weight excluding hydrogens is 309 g/mol. The molecule has 108 valence electrons. The van der Waals surface area contributed by atoms with E-state index < -0.39 is 15.8 Å². The van der Waals surface area contributed by atoms with Crippen molar-refractivity contribution in [3.05, 3.63) is 29.6 Å². The van der Waals surface area contributed by atoms with E-state index in [4.69, 9.17) is 11.6 Å². The Balaban J connectivity index is 3.23. The fourth-order valence-electron chi connectivity index (χ4n) is 1.62. The summed E-state index contributed by atoms with van der Waals surface area (Å²) in [5.74, 6) is 0.110. The second-order valence-corrected chi connectivity index (χ2v) is 7.36. The van der Waals surface area contributed by atoms with Crippen LogP contribution in [0.25, 0.3) is 0 Å². The SMILES string of the molecule is CSCC(C)N(C)S(=O)(=O)c1cc(F)ccc1CCl. The fraction of sp³-hybridized carbons (Fsp3) is 0.500. The Morgan fingerprint density at radius 3 is 2.63 bits per heavy atom. The van der Waals surface area contributed by atoms with Crippen molar-refractivity contribution >= 4 is 33.4 Å². The van der Waals surface area contributed by atoms with Crippen LogP contribution in [0, 0.1) is 5.82 Å². The van der Waals surface area contributed by atoms with Crippen LogP contribution in [0.5, 0.6) is 0 Å². The second kappa shape index (κ2) is 6.92. The number of nitrogens with zero attached hydrogens (tertiary/aromatic N) is 1. The van der Waals surface area contributed by atoms with Crippen LogP contribution in [0.2, 0.25) is 0 Å². The number of thioether (sulfide) groups is 1. The largest absolute Gasteiger partial charge is 0.243 e. The topological polar surface area (TPSA) is 37.4 Å². The molecule has 0 spiro atoms. The third-order valence-electron chi connectivity index (χ3n) is 2.86. The summed E-state index contributed by atoms with van der Waals surface area (Å²) in [7, 11) is -2.23. The molecule has 7 heteroatoms. The van der Waals surface area contributed by atoms with Crippen molar-refractivity contribution < 1.29 is 12.8 Å². The van der Waals surface area contributed by atoms with E-state index in [2.05, 4.69) is 0 Å². The van der Waals surface area contributed by atoms with Crippen molar-refractivity contribution in [1.82, 2.24) is 4.31 Å². The molecule has 0 aromatic heterocycles. The molecule has 0 saturated carbocycles. The molecule has 0 radical (unpaired) electrons. The lowest BCUT2D eigenvalue weighted by Crippen LogP contribution is -2.37. The van der Waals surface area contributed by atoms with Crippen LogP contribution in [0.15, 0.2) is 23.1 Å². The van der Waals surface area contributed by atoms with Crippen molar-refractivity contribution in [2.24, 2.45) is 0 Å². The summed E-state index contributed by atoms with van der Waals surface area (Å²) >= 11 is 7.28. The Morgan fingerprint density at radius 1 is 1.47 bits per heavy atom. The molecule has 1 atom stereocenters. The van der Waals surface area contributed by atoms with Gasteiger partial charge in [-0.15, -0.1) is 11.6 Å². The molecule has 1 rings (SSSR count). The average Bonchev–Trinajstić information content (AvgIpc) is 2.38. The maximum absolute atomic E-state index is 13.3. The number of alkyl halides is 1. The molecule has 0 amide bonds. The average molecular weight is 326 g/mol. The molecule has 19 heavy (non-hydrogen) atoms. The van der Waals surface area contributed by atoms with Gasteiger partial charge in [0.05, 0.1) is 4.90 Å². The maximum Gasteiger partial charge on any atom is 0.243 e. The minimum Gasteiger partial charge on any atom is -0.207 e. The van der Waals surface area contributed by atoms with E-state index in [1.165, 1.54) is 23.5 Å². The molecule has 0 N–H and O–H groups in total. The zero-order valence-corrected chi connectivity index (χ0v) is 13.4. The normalized spacial score (nSPS) is 13.8. The van der Waals surface area contributed by atoms with Crippen molar-refractivity contribution in [3.8, 4) is 0 Å². The van der Waals surface area contributed by atoms with Gasteiger partial charge in [0.15, 0.2) is 0 Å². The van der Waals surface area contributed by atoms with Gasteiger partial charge in [0, 0.05) is 24.7 Å². The summed E-state index contributed by atoms with van der Waals surface area (Å²) in [5, 5.41) is 0. The highest BCUT2D eigenvalue weighted by molar-refractivity contribution is 7.98. The summed E-state index contributed by atoms with van der Waals surface area (Å²) in [4.78, 5) is -0.0575. The van der Waals surface area contributed by atoms with E-state index in [1.54, 1.807) is 11.8 Å². The van der Waals surface area contributed by atoms with Gasteiger partial charge in [-0.25, -0.2) is 12.8 Å². The molecule has 0 saturated heterocycles. The number of halogens is 2. The lowest BCUT2D eigenvalue weighted by molar-refractivity contribution is 0.414. The first kappa shape index (κ1) is 16.8. The standard InChI is InChI=1S/C12H17ClFNO2S2/c1-9(8-18-3)15(2)19(16,17)12-6-11(14)5-4-10(12)7-13/h4-6,9H,7-8H2,1-3H3. The van der Waals surface area contributed by atoms with Crippen molar-refractivity contribution in [1.29, 1.82) is 0 Å². The maximum atomic E-state index is 13.3. The molecule has 0 aliphatic heterocycles. The number of benzene rings is 1. The van der Waals surface area contributed by atoms with Gasteiger partial charge in [-0.1, -0.05) is 6.07 Å². The fourth-order valence-corrected chi connectivity index (χ4v) is 4.32. The van der Waals surface area contributed by atoms with Gasteiger partial charge in [0.1, 0.15) is 5.82 Å². The van der Waals surface area contributed by atoms with E-state index >= 15 is 0 Å². The highest BCUT2D eigenvalue weighted by atomic mass is 35.5. The van der Waals surface area contributed by atoms with Crippen molar-refractivity contribution in [2.75, 3.05) is 19.1 Å². The third kappa shape index (κ3) is 3.84. The van der Waals surface area contributed by atoms with E-state index in [-0.39, 0.29) is 16.8 Å². The Morgan fingerprint density at radius 2 is 2.11 bits per heavy atom. The zero-order valence-electron chi connectivity index (χ0n) is 11.1. The van der Waals surface area contributed by atoms with Crippen LogP contribution in [0.4, 0.5) is 4.39 Å². The van der Waals surface area contributed by atoms with Crippen LogP contribution in [-0.4, -0.2) is 37.8 Å². The lowest BCUT2D eigenvalue weighted by atomic mass is 10.2. The van der Waals surface area contributed by atoms with Crippen LogP contribution in [0.3, 0.4) is 0 Å². The van der Waals surface area contributed by atoms with Crippen LogP contribution < -0.4 is 0 Å². The summed E-state index contributed by atoms with van der Waals surface area (Å²) in [6.07, 6.45) is 1.91. The number of rotatable bonds is 6. The Hall–Kier alpha value is -0.300. The van der Waals surface area contributed by atoms with Crippen molar-refractivity contribution in [3.63, 3.8) is 0 Å². The minimum absolute atomic E-state index is 0.0274. The monoisotopic (exact) mass is 325 g/mol. The van der Waals surface area contributed by atoms with Gasteiger partial charge in [0.2, 0.25) is 10.0 Å². The highest BCUT2D eigenvalue weighted by Crippen LogP contribution is 2.24. The number of hydrogen-bond donors (Lipinski definition) is 0. The first-order valence-corrected chi connectivity index (χ1v) is 9.02. The van der Waals surface area contributed by atoms with Crippen molar-refractivity contribution in [2.45, 2.75) is 23.7 Å². The Bertz CT molecular complexity index is 537. The molecule has 1 aromatic carbocycles. The van der Waals surface area contributed by atoms with Gasteiger partial charge >= 0.3 is 0 Å². The van der Waals surface area contributed by atoms with Gasteiger partial charge < -0.3 is 0 Å². The van der Waals surface area contributed by atoms with Crippen LogP contribution >= 0.6 is 23.4 Å². The van der Waals surface area contributed by atoms with Crippen LogP contribution in [0.1, 0.15) is 12.5 Å². The van der Waals surface area contributed by atoms with Gasteiger partial charge in [-0.05, 0) is 30.9 Å². The first-order valence-electron chi connectivity index (χ1n) is 5.66. The highest BCUT2D eigenvalue weighted by Gasteiger charge is 2.27. The lowest BCUT2D eigenvalue weighted by Gasteiger charge is -2.24. The second-order valence-electron chi connectivity index (χ2n) is 4.21. The minimum atomic E-state index is -3.73. The first-order chi connectivity index (χ1) is 8.84. The molecular formula is C12H17ClFNO2S2. The summed E-state index contributed by atoms with van der Waals surface area (Å²) < 4.78 is 39.5. The predicted octanol–water partition coefficient (Wildman–Crippen LogP) is 2.94. The molecule has 0 fully saturated rings. The van der Waals surface area contributed by atoms with E-state index in [0.29, 0.717) is 11.3 Å². The summed E-state index contributed by atoms with van der Waals surface area (Å²) in [6, 6.07) is 3.46. The number of sulfonamides is 1. The van der Waals surface area contributed by atoms with Gasteiger partial charge in [-0.3, -0.25) is 0 Å². The molecule has 0 aliphatic rings. The van der Waals surface area contributed by atoms with Gasteiger partial charge in [0.25, 0.3) is 0 Å². The zero-order chi connectivity index (χ0) is 14.6. The van der Waals surface area contributed by atoms with Gasteiger partial charge in [-0.2, -0.15) is 16.1 Å². The number of hydrogen-bond acceptors (Lipinski definition) is 3. The van der Waals surface area contributed by atoms with E-state index in [9.17, 15) is 12.8 Å². The van der Waals surface area contributed by atoms with E-state index in [0.717, 1.165) is 6.07 Å².